The van der Waals surface area contributed by atoms with E-state index in [0.29, 0.717) is 5.02 Å². The summed E-state index contributed by atoms with van der Waals surface area (Å²) in [5.74, 6) is 0.199. The second-order valence-electron chi connectivity index (χ2n) is 5.07. The lowest BCUT2D eigenvalue weighted by molar-refractivity contribution is 0.417. The Morgan fingerprint density at radius 1 is 1.17 bits per heavy atom. The maximum Gasteiger partial charge on any atom is 0.330 e. The van der Waals surface area contributed by atoms with Crippen molar-refractivity contribution in [3.63, 3.8) is 0 Å². The molecule has 0 amide bonds. The Balaban J connectivity index is 2.66. The highest BCUT2D eigenvalue weighted by atomic mass is 35.5. The van der Waals surface area contributed by atoms with Crippen molar-refractivity contribution >= 4 is 27.3 Å². The van der Waals surface area contributed by atoms with Crippen LogP contribution in [0.3, 0.4) is 0 Å². The number of aromatic nitrogens is 2. The monoisotopic (exact) mass is 373 g/mol. The number of hydrogen-bond donors (Lipinski definition) is 1. The third-order valence-corrected chi connectivity index (χ3v) is 5.31. The van der Waals surface area contributed by atoms with Crippen molar-refractivity contribution in [1.82, 2.24) is 9.13 Å². The van der Waals surface area contributed by atoms with Crippen molar-refractivity contribution in [2.24, 2.45) is 14.1 Å². The third kappa shape index (κ3) is 3.04. The number of hydrogen-bond acceptors (Lipinski definition) is 5. The molecule has 10 heteroatoms. The van der Waals surface area contributed by atoms with Crippen molar-refractivity contribution < 1.29 is 13.2 Å². The van der Waals surface area contributed by atoms with Crippen LogP contribution < -0.4 is 20.7 Å². The highest BCUT2D eigenvalue weighted by Gasteiger charge is 2.26. The molecule has 1 aromatic carbocycles. The van der Waals surface area contributed by atoms with Gasteiger partial charge in [-0.15, -0.1) is 0 Å². The molecule has 0 bridgehead atoms. The number of halogens is 1. The Bertz CT molecular complexity index is 1020. The molecule has 0 fully saturated rings. The molecule has 130 valence electrons. The first-order valence-corrected chi connectivity index (χ1v) is 8.59. The fourth-order valence-electron chi connectivity index (χ4n) is 2.17. The van der Waals surface area contributed by atoms with Crippen LogP contribution in [0, 0.1) is 6.92 Å². The number of methoxy groups -OCH3 is 1. The zero-order chi connectivity index (χ0) is 18.2. The molecule has 0 atom stereocenters. The number of nitrogens with zero attached hydrogens (tertiary/aromatic N) is 2. The van der Waals surface area contributed by atoms with E-state index in [-0.39, 0.29) is 17.1 Å². The Labute approximate surface area is 143 Å². The number of ether oxygens (including phenoxy) is 1. The number of nitrogens with one attached hydrogen (secondary N) is 1. The lowest BCUT2D eigenvalue weighted by atomic mass is 10.3. The predicted octanol–water partition coefficient (Wildman–Crippen LogP) is 0.855. The van der Waals surface area contributed by atoms with E-state index in [9.17, 15) is 18.0 Å². The molecule has 1 N–H and O–H groups in total. The smallest absolute Gasteiger partial charge is 0.330 e. The van der Waals surface area contributed by atoms with Gasteiger partial charge in [-0.1, -0.05) is 11.6 Å². The quantitative estimate of drug-likeness (QED) is 0.856. The van der Waals surface area contributed by atoms with Gasteiger partial charge in [-0.25, -0.2) is 13.2 Å². The fraction of sp³-hybridized carbons (Fsp3) is 0.286. The van der Waals surface area contributed by atoms with Crippen LogP contribution >= 0.6 is 11.6 Å². The van der Waals surface area contributed by atoms with Crippen molar-refractivity contribution in [1.29, 1.82) is 0 Å². The van der Waals surface area contributed by atoms with Crippen molar-refractivity contribution in [3.8, 4) is 5.75 Å². The first-order chi connectivity index (χ1) is 11.1. The summed E-state index contributed by atoms with van der Waals surface area (Å²) in [6.07, 6.45) is 0. The van der Waals surface area contributed by atoms with E-state index >= 15 is 0 Å². The van der Waals surface area contributed by atoms with E-state index in [1.54, 1.807) is 0 Å². The maximum atomic E-state index is 12.7. The van der Waals surface area contributed by atoms with E-state index in [0.717, 1.165) is 9.13 Å². The normalized spacial score (nSPS) is 11.4. The molecule has 0 saturated carbocycles. The third-order valence-electron chi connectivity index (χ3n) is 3.58. The van der Waals surface area contributed by atoms with Crippen LogP contribution in [0.4, 0.5) is 5.69 Å². The minimum atomic E-state index is -4.25. The van der Waals surface area contributed by atoms with Gasteiger partial charge in [0.25, 0.3) is 15.6 Å². The molecule has 0 spiro atoms. The summed E-state index contributed by atoms with van der Waals surface area (Å²) in [4.78, 5) is 23.6. The molecular formula is C14H16ClN3O5S. The van der Waals surface area contributed by atoms with Crippen LogP contribution in [0.2, 0.25) is 5.02 Å². The summed E-state index contributed by atoms with van der Waals surface area (Å²) in [5.41, 5.74) is -1.36. The fourth-order valence-corrected chi connectivity index (χ4v) is 3.78. The van der Waals surface area contributed by atoms with Crippen LogP contribution in [0.15, 0.2) is 32.7 Å². The van der Waals surface area contributed by atoms with Crippen LogP contribution in [-0.4, -0.2) is 24.7 Å². The molecule has 0 aliphatic carbocycles. The Hall–Kier alpha value is -2.26. The predicted molar refractivity (Wildman–Crippen MR) is 90.5 cm³/mol. The number of benzene rings is 1. The van der Waals surface area contributed by atoms with Crippen molar-refractivity contribution in [2.75, 3.05) is 11.8 Å². The van der Waals surface area contributed by atoms with E-state index < -0.39 is 26.2 Å². The van der Waals surface area contributed by atoms with Crippen LogP contribution in [0.1, 0.15) is 5.69 Å². The first kappa shape index (κ1) is 18.1. The Morgan fingerprint density at radius 3 is 2.38 bits per heavy atom. The van der Waals surface area contributed by atoms with Gasteiger partial charge in [-0.2, -0.15) is 0 Å². The lowest BCUT2D eigenvalue weighted by Crippen LogP contribution is -2.42. The zero-order valence-corrected chi connectivity index (χ0v) is 15.0. The summed E-state index contributed by atoms with van der Waals surface area (Å²) < 4.78 is 34.6. The number of anilines is 1. The van der Waals surface area contributed by atoms with Gasteiger partial charge in [0.1, 0.15) is 5.75 Å². The largest absolute Gasteiger partial charge is 0.495 e. The van der Waals surface area contributed by atoms with Crippen LogP contribution in [0.5, 0.6) is 5.75 Å². The average Bonchev–Trinajstić information content (AvgIpc) is 2.52. The molecule has 1 heterocycles. The summed E-state index contributed by atoms with van der Waals surface area (Å²) in [5, 5.41) is 0.365. The molecule has 0 unspecified atom stereocenters. The van der Waals surface area contributed by atoms with Gasteiger partial charge in [0.2, 0.25) is 0 Å². The van der Waals surface area contributed by atoms with Crippen molar-refractivity contribution in [3.05, 3.63) is 49.8 Å². The minimum Gasteiger partial charge on any atom is -0.495 e. The first-order valence-electron chi connectivity index (χ1n) is 6.73. The van der Waals surface area contributed by atoms with Gasteiger partial charge < -0.3 is 4.74 Å². The van der Waals surface area contributed by atoms with E-state index in [1.807, 2.05) is 0 Å². The maximum absolute atomic E-state index is 12.7. The van der Waals surface area contributed by atoms with Gasteiger partial charge in [0.05, 0.1) is 12.8 Å². The van der Waals surface area contributed by atoms with E-state index in [1.165, 1.54) is 46.3 Å². The van der Waals surface area contributed by atoms with Gasteiger partial charge in [-0.05, 0) is 19.1 Å². The summed E-state index contributed by atoms with van der Waals surface area (Å²) in [6.45, 7) is 1.39. The molecule has 2 aromatic rings. The van der Waals surface area contributed by atoms with Gasteiger partial charge in [-0.3, -0.25) is 18.7 Å². The topological polar surface area (TPSA) is 99.4 Å². The summed E-state index contributed by atoms with van der Waals surface area (Å²) >= 11 is 5.84. The van der Waals surface area contributed by atoms with Crippen LogP contribution in [0.25, 0.3) is 0 Å². The lowest BCUT2D eigenvalue weighted by Gasteiger charge is -2.15. The summed E-state index contributed by atoms with van der Waals surface area (Å²) in [7, 11) is -0.285. The molecule has 0 aliphatic heterocycles. The minimum absolute atomic E-state index is 0.0310. The highest BCUT2D eigenvalue weighted by molar-refractivity contribution is 7.92. The second-order valence-corrected chi connectivity index (χ2v) is 7.13. The van der Waals surface area contributed by atoms with E-state index in [2.05, 4.69) is 4.72 Å². The van der Waals surface area contributed by atoms with Gasteiger partial charge in [0, 0.05) is 30.9 Å². The number of sulfonamides is 1. The molecular weight excluding hydrogens is 358 g/mol. The van der Waals surface area contributed by atoms with Gasteiger partial charge >= 0.3 is 5.69 Å². The van der Waals surface area contributed by atoms with Crippen LogP contribution in [-0.2, 0) is 24.1 Å². The second kappa shape index (κ2) is 6.33. The van der Waals surface area contributed by atoms with Gasteiger partial charge in [0.15, 0.2) is 4.90 Å². The Morgan fingerprint density at radius 2 is 1.79 bits per heavy atom. The highest BCUT2D eigenvalue weighted by Crippen LogP contribution is 2.29. The SMILES string of the molecule is COc1cc(Cl)ccc1NS(=O)(=O)c1c(C)n(C)c(=O)n(C)c1=O. The standard InChI is InChI=1S/C14H16ClN3O5S/c1-8-12(13(19)18(3)14(20)17(8)2)24(21,22)16-10-6-5-9(15)7-11(10)23-4/h5-7,16H,1-4H3. The molecule has 0 aliphatic rings. The average molecular weight is 374 g/mol. The van der Waals surface area contributed by atoms with E-state index in [4.69, 9.17) is 16.3 Å². The molecule has 0 radical (unpaired) electrons. The Kier molecular flexibility index (Phi) is 4.77. The molecule has 24 heavy (non-hydrogen) atoms. The molecule has 1 aromatic heterocycles. The molecule has 8 nitrogen and oxygen atoms in total. The van der Waals surface area contributed by atoms with Crippen molar-refractivity contribution in [2.45, 2.75) is 11.8 Å². The number of rotatable bonds is 4. The molecule has 2 rings (SSSR count). The zero-order valence-electron chi connectivity index (χ0n) is 13.5. The summed E-state index contributed by atoms with van der Waals surface area (Å²) in [6, 6.07) is 4.33. The molecule has 0 saturated heterocycles.